The van der Waals surface area contributed by atoms with E-state index in [0.717, 1.165) is 44.1 Å². The van der Waals surface area contributed by atoms with E-state index in [1.165, 1.54) is 49.0 Å². The Morgan fingerprint density at radius 1 is 0.900 bits per heavy atom. The molecule has 1 aromatic heterocycles. The third-order valence-electron chi connectivity index (χ3n) is 6.04. The minimum absolute atomic E-state index is 0.789. The lowest BCUT2D eigenvalue weighted by Gasteiger charge is -2.27. The molecule has 30 heavy (non-hydrogen) atoms. The van der Waals surface area contributed by atoms with E-state index in [0.29, 0.717) is 0 Å². The highest BCUT2D eigenvalue weighted by molar-refractivity contribution is 5.76. The Morgan fingerprint density at radius 2 is 1.60 bits per heavy atom. The Labute approximate surface area is 180 Å². The summed E-state index contributed by atoms with van der Waals surface area (Å²) < 4.78 is 2.40. The molecule has 0 radical (unpaired) electrons. The van der Waals surface area contributed by atoms with Gasteiger partial charge in [0.05, 0.1) is 17.6 Å². The lowest BCUT2D eigenvalue weighted by molar-refractivity contribution is 0.220. The second-order valence-corrected chi connectivity index (χ2v) is 8.69. The van der Waals surface area contributed by atoms with Crippen molar-refractivity contribution in [1.82, 2.24) is 24.7 Å². The van der Waals surface area contributed by atoms with Gasteiger partial charge in [0.1, 0.15) is 5.82 Å². The van der Waals surface area contributed by atoms with Crippen molar-refractivity contribution in [2.75, 3.05) is 40.3 Å². The summed E-state index contributed by atoms with van der Waals surface area (Å²) in [6.45, 7) is 7.15. The van der Waals surface area contributed by atoms with Crippen LogP contribution in [0.15, 0.2) is 48.5 Å². The van der Waals surface area contributed by atoms with Gasteiger partial charge < -0.3 is 14.8 Å². The molecular weight excluding hydrogens is 370 g/mol. The molecule has 0 aliphatic carbocycles. The summed E-state index contributed by atoms with van der Waals surface area (Å²) in [5.41, 5.74) is 5.15. The normalized spacial score (nSPS) is 15.3. The fraction of sp³-hybridized carbons (Fsp3) is 0.480. The van der Waals surface area contributed by atoms with Crippen molar-refractivity contribution in [3.8, 4) is 0 Å². The van der Waals surface area contributed by atoms with Crippen molar-refractivity contribution in [2.24, 2.45) is 0 Å². The zero-order valence-electron chi connectivity index (χ0n) is 18.5. The van der Waals surface area contributed by atoms with Gasteiger partial charge in [-0.25, -0.2) is 4.98 Å². The van der Waals surface area contributed by atoms with Crippen LogP contribution in [0.3, 0.4) is 0 Å². The van der Waals surface area contributed by atoms with Crippen LogP contribution in [-0.2, 0) is 19.6 Å². The molecule has 3 aromatic rings. The predicted octanol–water partition coefficient (Wildman–Crippen LogP) is 3.72. The van der Waals surface area contributed by atoms with Gasteiger partial charge in [-0.1, -0.05) is 42.8 Å². The molecule has 5 heteroatoms. The Bertz CT molecular complexity index is 940. The lowest BCUT2D eigenvalue weighted by atomic mass is 10.0. The molecule has 1 N–H and O–H groups in total. The van der Waals surface area contributed by atoms with Gasteiger partial charge in [0.25, 0.3) is 0 Å². The maximum Gasteiger partial charge on any atom is 0.124 e. The molecular formula is C25H35N5. The van der Waals surface area contributed by atoms with Gasteiger partial charge in [-0.2, -0.15) is 0 Å². The molecule has 2 aromatic carbocycles. The lowest BCUT2D eigenvalue weighted by Crippen LogP contribution is -2.29. The van der Waals surface area contributed by atoms with E-state index >= 15 is 0 Å². The number of hydrogen-bond acceptors (Lipinski definition) is 4. The Morgan fingerprint density at radius 3 is 2.37 bits per heavy atom. The van der Waals surface area contributed by atoms with Crippen LogP contribution in [0.1, 0.15) is 36.2 Å². The van der Waals surface area contributed by atoms with Crippen LogP contribution in [0.2, 0.25) is 0 Å². The van der Waals surface area contributed by atoms with Crippen LogP contribution in [0.5, 0.6) is 0 Å². The van der Waals surface area contributed by atoms with Crippen molar-refractivity contribution in [2.45, 2.75) is 38.9 Å². The Balaban J connectivity index is 1.56. The molecule has 0 amide bonds. The van der Waals surface area contributed by atoms with Crippen molar-refractivity contribution >= 4 is 11.0 Å². The highest BCUT2D eigenvalue weighted by Crippen LogP contribution is 2.21. The van der Waals surface area contributed by atoms with Crippen molar-refractivity contribution in [3.63, 3.8) is 0 Å². The van der Waals surface area contributed by atoms with E-state index < -0.39 is 0 Å². The fourth-order valence-electron chi connectivity index (χ4n) is 4.33. The zero-order valence-corrected chi connectivity index (χ0v) is 18.5. The summed E-state index contributed by atoms with van der Waals surface area (Å²) >= 11 is 0. The summed E-state index contributed by atoms with van der Waals surface area (Å²) in [5, 5.41) is 3.57. The molecule has 1 aliphatic rings. The second kappa shape index (κ2) is 10.2. The highest BCUT2D eigenvalue weighted by Gasteiger charge is 2.15. The molecule has 0 bridgehead atoms. The van der Waals surface area contributed by atoms with Gasteiger partial charge >= 0.3 is 0 Å². The monoisotopic (exact) mass is 405 g/mol. The first-order valence-electron chi connectivity index (χ1n) is 11.3. The number of likely N-dealkylation sites (tertiary alicyclic amines) is 1. The Kier molecular flexibility index (Phi) is 7.16. The van der Waals surface area contributed by atoms with E-state index in [4.69, 9.17) is 4.98 Å². The molecule has 1 aliphatic heterocycles. The molecule has 1 saturated heterocycles. The van der Waals surface area contributed by atoms with Gasteiger partial charge in [-0.15, -0.1) is 0 Å². The first kappa shape index (κ1) is 21.0. The maximum absolute atomic E-state index is 4.95. The molecule has 2 heterocycles. The van der Waals surface area contributed by atoms with Gasteiger partial charge in [0.2, 0.25) is 0 Å². The van der Waals surface area contributed by atoms with Crippen LogP contribution in [0, 0.1) is 0 Å². The second-order valence-electron chi connectivity index (χ2n) is 8.69. The van der Waals surface area contributed by atoms with Crippen molar-refractivity contribution in [1.29, 1.82) is 0 Å². The van der Waals surface area contributed by atoms with E-state index in [1.54, 1.807) is 0 Å². The average Bonchev–Trinajstić information content (AvgIpc) is 3.11. The predicted molar refractivity (Wildman–Crippen MR) is 125 cm³/mol. The van der Waals surface area contributed by atoms with Crippen LogP contribution < -0.4 is 5.32 Å². The summed E-state index contributed by atoms with van der Waals surface area (Å²) in [6, 6.07) is 17.4. The number of rotatable bonds is 9. The number of nitrogens with one attached hydrogen (secondary N) is 1. The van der Waals surface area contributed by atoms with Crippen molar-refractivity contribution in [3.05, 3.63) is 65.5 Å². The van der Waals surface area contributed by atoms with Gasteiger partial charge in [-0.05, 0) is 63.3 Å². The van der Waals surface area contributed by atoms with Gasteiger partial charge in [0.15, 0.2) is 0 Å². The number of para-hydroxylation sites is 2. The topological polar surface area (TPSA) is 36.3 Å². The molecule has 160 valence electrons. The summed E-state index contributed by atoms with van der Waals surface area (Å²) in [4.78, 5) is 9.76. The molecule has 0 saturated carbocycles. The molecule has 1 fully saturated rings. The van der Waals surface area contributed by atoms with E-state index in [9.17, 15) is 0 Å². The SMILES string of the molecule is CN(C)CCNCc1nc2ccccc2n1Cc1ccccc1CN1CCCCC1. The third-order valence-corrected chi connectivity index (χ3v) is 6.04. The zero-order chi connectivity index (χ0) is 20.8. The number of nitrogens with zero attached hydrogens (tertiary/aromatic N) is 4. The van der Waals surface area contributed by atoms with E-state index in [-0.39, 0.29) is 0 Å². The first-order valence-corrected chi connectivity index (χ1v) is 11.3. The van der Waals surface area contributed by atoms with Crippen LogP contribution in [0.25, 0.3) is 11.0 Å². The van der Waals surface area contributed by atoms with Crippen LogP contribution in [-0.4, -0.2) is 59.6 Å². The molecule has 0 atom stereocenters. The minimum Gasteiger partial charge on any atom is -0.322 e. The smallest absolute Gasteiger partial charge is 0.124 e. The summed E-state index contributed by atoms with van der Waals surface area (Å²) in [5.74, 6) is 1.11. The number of piperidine rings is 1. The quantitative estimate of drug-likeness (QED) is 0.551. The molecule has 4 rings (SSSR count). The fourth-order valence-corrected chi connectivity index (χ4v) is 4.33. The summed E-state index contributed by atoms with van der Waals surface area (Å²) in [6.07, 6.45) is 4.04. The first-order chi connectivity index (χ1) is 14.7. The van der Waals surface area contributed by atoms with Crippen molar-refractivity contribution < 1.29 is 0 Å². The summed E-state index contributed by atoms with van der Waals surface area (Å²) in [7, 11) is 4.21. The van der Waals surface area contributed by atoms with Crippen LogP contribution >= 0.6 is 0 Å². The van der Waals surface area contributed by atoms with Gasteiger partial charge in [-0.3, -0.25) is 4.90 Å². The average molecular weight is 406 g/mol. The molecule has 5 nitrogen and oxygen atoms in total. The molecule has 0 unspecified atom stereocenters. The number of hydrogen-bond donors (Lipinski definition) is 1. The number of benzene rings is 2. The standard InChI is InChI=1S/C25H35N5/c1-28(2)17-14-26-18-25-27-23-12-6-7-13-24(23)30(25)20-22-11-5-4-10-21(22)19-29-15-8-3-9-16-29/h4-7,10-13,26H,3,8-9,14-20H2,1-2H3. The van der Waals surface area contributed by atoms with Crippen LogP contribution in [0.4, 0.5) is 0 Å². The number of aromatic nitrogens is 2. The largest absolute Gasteiger partial charge is 0.322 e. The van der Waals surface area contributed by atoms with Gasteiger partial charge in [0, 0.05) is 26.2 Å². The Hall–Kier alpha value is -2.21. The third kappa shape index (κ3) is 5.28. The number of imidazole rings is 1. The highest BCUT2D eigenvalue weighted by atomic mass is 15.1. The number of fused-ring (bicyclic) bond motifs is 1. The maximum atomic E-state index is 4.95. The number of likely N-dealkylation sites (N-methyl/N-ethyl adjacent to an activating group) is 1. The molecule has 0 spiro atoms. The van der Waals surface area contributed by atoms with E-state index in [1.807, 2.05) is 0 Å². The van der Waals surface area contributed by atoms with E-state index in [2.05, 4.69) is 82.3 Å². The minimum atomic E-state index is 0.789.